The van der Waals surface area contributed by atoms with Crippen LogP contribution in [-0.2, 0) is 6.42 Å². The third-order valence-electron chi connectivity index (χ3n) is 1.97. The SMILES string of the molecule is CNCCc1csc(-c2ccc(Br)o2)n1. The Kier molecular flexibility index (Phi) is 3.56. The van der Waals surface area contributed by atoms with Crippen LogP contribution in [0.5, 0.6) is 0 Å². The second kappa shape index (κ2) is 4.92. The first-order valence-corrected chi connectivity index (χ1v) is 6.31. The third kappa shape index (κ3) is 2.68. The van der Waals surface area contributed by atoms with Crippen LogP contribution in [0.3, 0.4) is 0 Å². The van der Waals surface area contributed by atoms with Gasteiger partial charge in [0.25, 0.3) is 0 Å². The fourth-order valence-corrected chi connectivity index (χ4v) is 2.34. The minimum atomic E-state index is 0.740. The van der Waals surface area contributed by atoms with Crippen LogP contribution in [0.1, 0.15) is 5.69 Å². The van der Waals surface area contributed by atoms with E-state index in [-0.39, 0.29) is 0 Å². The monoisotopic (exact) mass is 286 g/mol. The molecule has 15 heavy (non-hydrogen) atoms. The number of furan rings is 1. The zero-order valence-corrected chi connectivity index (χ0v) is 10.7. The quantitative estimate of drug-likeness (QED) is 0.939. The highest BCUT2D eigenvalue weighted by atomic mass is 79.9. The summed E-state index contributed by atoms with van der Waals surface area (Å²) in [5, 5.41) is 6.11. The zero-order chi connectivity index (χ0) is 10.7. The zero-order valence-electron chi connectivity index (χ0n) is 8.29. The maximum atomic E-state index is 5.44. The van der Waals surface area contributed by atoms with Crippen molar-refractivity contribution in [2.75, 3.05) is 13.6 Å². The Hall–Kier alpha value is -0.650. The Morgan fingerprint density at radius 3 is 3.07 bits per heavy atom. The predicted molar refractivity (Wildman–Crippen MR) is 65.1 cm³/mol. The molecule has 0 atom stereocenters. The number of hydrogen-bond acceptors (Lipinski definition) is 4. The number of halogens is 1. The fourth-order valence-electron chi connectivity index (χ4n) is 1.22. The van der Waals surface area contributed by atoms with E-state index in [0.29, 0.717) is 0 Å². The molecule has 2 aromatic heterocycles. The Morgan fingerprint density at radius 1 is 1.53 bits per heavy atom. The van der Waals surface area contributed by atoms with Gasteiger partial charge in [0.05, 0.1) is 5.69 Å². The molecule has 0 aliphatic rings. The van der Waals surface area contributed by atoms with Crippen molar-refractivity contribution in [3.63, 3.8) is 0 Å². The fraction of sp³-hybridized carbons (Fsp3) is 0.300. The third-order valence-corrected chi connectivity index (χ3v) is 3.30. The molecule has 1 N–H and O–H groups in total. The number of likely N-dealkylation sites (N-methyl/N-ethyl adjacent to an activating group) is 1. The standard InChI is InChI=1S/C10H11BrN2OS/c1-12-5-4-7-6-15-10(13-7)8-2-3-9(11)14-8/h2-3,6,12H,4-5H2,1H3. The molecule has 2 rings (SSSR count). The Balaban J connectivity index is 2.13. The molecule has 0 unspecified atom stereocenters. The molecule has 0 aliphatic carbocycles. The lowest BCUT2D eigenvalue weighted by Crippen LogP contribution is -2.10. The van der Waals surface area contributed by atoms with Crippen LogP contribution in [0.2, 0.25) is 0 Å². The normalized spacial score (nSPS) is 10.8. The number of thiazole rings is 1. The molecule has 0 amide bonds. The molecule has 0 aliphatic heterocycles. The van der Waals surface area contributed by atoms with Crippen LogP contribution < -0.4 is 5.32 Å². The van der Waals surface area contributed by atoms with E-state index in [4.69, 9.17) is 4.42 Å². The lowest BCUT2D eigenvalue weighted by atomic mass is 10.3. The van der Waals surface area contributed by atoms with Gasteiger partial charge in [0.15, 0.2) is 15.4 Å². The van der Waals surface area contributed by atoms with Crippen LogP contribution >= 0.6 is 27.3 Å². The summed E-state index contributed by atoms with van der Waals surface area (Å²) in [5.74, 6) is 0.822. The lowest BCUT2D eigenvalue weighted by molar-refractivity contribution is 0.555. The maximum absolute atomic E-state index is 5.44. The summed E-state index contributed by atoms with van der Waals surface area (Å²) in [6.07, 6.45) is 0.953. The lowest BCUT2D eigenvalue weighted by Gasteiger charge is -1.93. The average Bonchev–Trinajstić information content (AvgIpc) is 2.83. The summed E-state index contributed by atoms with van der Waals surface area (Å²) in [5.41, 5.74) is 1.11. The van der Waals surface area contributed by atoms with Gasteiger partial charge in [0.2, 0.25) is 0 Å². The molecule has 0 bridgehead atoms. The molecule has 0 fully saturated rings. The van der Waals surface area contributed by atoms with Gasteiger partial charge in [-0.25, -0.2) is 4.98 Å². The smallest absolute Gasteiger partial charge is 0.170 e. The van der Waals surface area contributed by atoms with Crippen LogP contribution in [0.25, 0.3) is 10.8 Å². The van der Waals surface area contributed by atoms with E-state index >= 15 is 0 Å². The van der Waals surface area contributed by atoms with E-state index < -0.39 is 0 Å². The maximum Gasteiger partial charge on any atom is 0.170 e. The van der Waals surface area contributed by atoms with Crippen molar-refractivity contribution in [3.8, 4) is 10.8 Å². The second-order valence-electron chi connectivity index (χ2n) is 3.10. The summed E-state index contributed by atoms with van der Waals surface area (Å²) in [6, 6.07) is 3.80. The van der Waals surface area contributed by atoms with Gasteiger partial charge in [-0.15, -0.1) is 11.3 Å². The van der Waals surface area contributed by atoms with Gasteiger partial charge in [0.1, 0.15) is 0 Å². The molecule has 0 saturated carbocycles. The largest absolute Gasteiger partial charge is 0.447 e. The first-order chi connectivity index (χ1) is 7.29. The minimum absolute atomic E-state index is 0.740. The Labute approximate surface area is 101 Å². The topological polar surface area (TPSA) is 38.1 Å². The van der Waals surface area contributed by atoms with Crippen molar-refractivity contribution in [2.45, 2.75) is 6.42 Å². The van der Waals surface area contributed by atoms with Crippen LogP contribution in [0.4, 0.5) is 0 Å². The highest BCUT2D eigenvalue weighted by molar-refractivity contribution is 9.10. The van der Waals surface area contributed by atoms with Crippen molar-refractivity contribution in [2.24, 2.45) is 0 Å². The Bertz CT molecular complexity index is 438. The van der Waals surface area contributed by atoms with Gasteiger partial charge < -0.3 is 9.73 Å². The summed E-state index contributed by atoms with van der Waals surface area (Å²) in [6.45, 7) is 0.949. The highest BCUT2D eigenvalue weighted by Crippen LogP contribution is 2.27. The summed E-state index contributed by atoms with van der Waals surface area (Å²) in [4.78, 5) is 4.50. The molecule has 0 radical (unpaired) electrons. The molecule has 0 spiro atoms. The van der Waals surface area contributed by atoms with Crippen LogP contribution in [-0.4, -0.2) is 18.6 Å². The molecule has 0 aromatic carbocycles. The first kappa shape index (κ1) is 10.9. The van der Waals surface area contributed by atoms with Gasteiger partial charge in [-0.05, 0) is 35.1 Å². The van der Waals surface area contributed by atoms with Gasteiger partial charge >= 0.3 is 0 Å². The second-order valence-corrected chi connectivity index (χ2v) is 4.74. The Morgan fingerprint density at radius 2 is 2.40 bits per heavy atom. The molecule has 5 heteroatoms. The van der Waals surface area contributed by atoms with Crippen molar-refractivity contribution in [1.82, 2.24) is 10.3 Å². The summed E-state index contributed by atoms with van der Waals surface area (Å²) in [7, 11) is 1.94. The highest BCUT2D eigenvalue weighted by Gasteiger charge is 2.08. The van der Waals surface area contributed by atoms with Crippen molar-refractivity contribution in [3.05, 3.63) is 27.9 Å². The van der Waals surface area contributed by atoms with E-state index in [1.165, 1.54) is 0 Å². The van der Waals surface area contributed by atoms with Crippen LogP contribution in [0, 0.1) is 0 Å². The summed E-state index contributed by atoms with van der Waals surface area (Å²) >= 11 is 4.89. The van der Waals surface area contributed by atoms with Crippen molar-refractivity contribution < 1.29 is 4.42 Å². The number of nitrogens with zero attached hydrogens (tertiary/aromatic N) is 1. The van der Waals surface area contributed by atoms with E-state index in [2.05, 4.69) is 31.6 Å². The number of hydrogen-bond donors (Lipinski definition) is 1. The number of nitrogens with one attached hydrogen (secondary N) is 1. The minimum Gasteiger partial charge on any atom is -0.447 e. The van der Waals surface area contributed by atoms with E-state index in [0.717, 1.165) is 34.1 Å². The van der Waals surface area contributed by atoms with E-state index in [1.807, 2.05) is 19.2 Å². The van der Waals surface area contributed by atoms with Gasteiger partial charge in [-0.1, -0.05) is 0 Å². The first-order valence-electron chi connectivity index (χ1n) is 4.64. The van der Waals surface area contributed by atoms with E-state index in [1.54, 1.807) is 11.3 Å². The van der Waals surface area contributed by atoms with Gasteiger partial charge in [0, 0.05) is 18.3 Å². The predicted octanol–water partition coefficient (Wildman–Crippen LogP) is 2.93. The molecule has 80 valence electrons. The molecule has 0 saturated heterocycles. The summed E-state index contributed by atoms with van der Waals surface area (Å²) < 4.78 is 6.18. The van der Waals surface area contributed by atoms with Crippen molar-refractivity contribution in [1.29, 1.82) is 0 Å². The van der Waals surface area contributed by atoms with Crippen molar-refractivity contribution >= 4 is 27.3 Å². The average molecular weight is 287 g/mol. The van der Waals surface area contributed by atoms with Gasteiger partial charge in [-0.2, -0.15) is 0 Å². The molecular weight excluding hydrogens is 276 g/mol. The molecular formula is C10H11BrN2OS. The van der Waals surface area contributed by atoms with Gasteiger partial charge in [-0.3, -0.25) is 0 Å². The molecule has 3 nitrogen and oxygen atoms in total. The van der Waals surface area contributed by atoms with E-state index in [9.17, 15) is 0 Å². The molecule has 2 heterocycles. The van der Waals surface area contributed by atoms with Crippen LogP contribution in [0.15, 0.2) is 26.6 Å². The number of aromatic nitrogens is 1. The molecule has 2 aromatic rings. The number of rotatable bonds is 4.